The summed E-state index contributed by atoms with van der Waals surface area (Å²) in [7, 11) is 0. The van der Waals surface area contributed by atoms with E-state index in [2.05, 4.69) is 139 Å². The Hall–Kier alpha value is -4.47. The van der Waals surface area contributed by atoms with E-state index in [0.29, 0.717) is 17.4 Å². The van der Waals surface area contributed by atoms with Gasteiger partial charge in [0.15, 0.2) is 0 Å². The van der Waals surface area contributed by atoms with Gasteiger partial charge in [0.1, 0.15) is 5.82 Å². The molecule has 0 saturated heterocycles. The van der Waals surface area contributed by atoms with Gasteiger partial charge in [0.2, 0.25) is 0 Å². The SMILES string of the molecule is Cc1ccnc(-n2c3[c-]c(Oc4[c-]c(-n5nc(C)c(-c6ccccc6)c5C)cc(CC(C)C)c4)ccc3c3cc(CCC(C)(C)C)ccc32)c1.[Pt+2]. The zero-order valence-electron chi connectivity index (χ0n) is 30.9. The normalized spacial score (nSPS) is 11.8. The van der Waals surface area contributed by atoms with Crippen LogP contribution in [-0.4, -0.2) is 19.3 Å². The van der Waals surface area contributed by atoms with E-state index in [-0.39, 0.29) is 26.5 Å². The maximum absolute atomic E-state index is 6.66. The van der Waals surface area contributed by atoms with Crippen molar-refractivity contribution in [3.05, 3.63) is 131 Å². The number of fused-ring (bicyclic) bond motifs is 3. The first-order chi connectivity index (χ1) is 23.9. The Balaban J connectivity index is 0.00000448. The van der Waals surface area contributed by atoms with E-state index in [1.165, 1.54) is 16.5 Å². The van der Waals surface area contributed by atoms with E-state index in [4.69, 9.17) is 14.8 Å². The quantitative estimate of drug-likeness (QED) is 0.136. The Labute approximate surface area is 317 Å². The van der Waals surface area contributed by atoms with E-state index in [1.807, 2.05) is 29.1 Å². The number of aryl methyl sites for hydroxylation is 3. The predicted molar refractivity (Wildman–Crippen MR) is 206 cm³/mol. The molecule has 0 aliphatic rings. The molecule has 51 heavy (non-hydrogen) atoms. The van der Waals surface area contributed by atoms with Crippen LogP contribution in [0.25, 0.3) is 44.4 Å². The van der Waals surface area contributed by atoms with Crippen molar-refractivity contribution in [2.24, 2.45) is 11.3 Å². The van der Waals surface area contributed by atoms with Crippen LogP contribution in [0, 0.1) is 44.2 Å². The summed E-state index contributed by atoms with van der Waals surface area (Å²) in [4.78, 5) is 4.80. The Morgan fingerprint density at radius 2 is 1.59 bits per heavy atom. The van der Waals surface area contributed by atoms with Gasteiger partial charge in [-0.3, -0.25) is 4.68 Å². The molecule has 0 fully saturated rings. The summed E-state index contributed by atoms with van der Waals surface area (Å²) in [6, 6.07) is 37.1. The second-order valence-electron chi connectivity index (χ2n) is 15.3. The molecule has 3 aromatic heterocycles. The molecule has 262 valence electrons. The second kappa shape index (κ2) is 14.6. The van der Waals surface area contributed by atoms with Gasteiger partial charge in [-0.15, -0.1) is 35.7 Å². The van der Waals surface area contributed by atoms with Gasteiger partial charge in [-0.05, 0) is 97.3 Å². The average molecular weight is 854 g/mol. The second-order valence-corrected chi connectivity index (χ2v) is 15.3. The Bertz CT molecular complexity index is 2330. The largest absolute Gasteiger partial charge is 2.00 e. The van der Waals surface area contributed by atoms with Gasteiger partial charge in [0.25, 0.3) is 0 Å². The van der Waals surface area contributed by atoms with Crippen LogP contribution in [0.1, 0.15) is 69.1 Å². The summed E-state index contributed by atoms with van der Waals surface area (Å²) in [6.07, 6.45) is 4.95. The van der Waals surface area contributed by atoms with Crippen LogP contribution >= 0.6 is 0 Å². The first-order valence-corrected chi connectivity index (χ1v) is 17.7. The van der Waals surface area contributed by atoms with Gasteiger partial charge in [-0.1, -0.05) is 82.6 Å². The minimum absolute atomic E-state index is 0. The monoisotopic (exact) mass is 853 g/mol. The molecule has 5 nitrogen and oxygen atoms in total. The summed E-state index contributed by atoms with van der Waals surface area (Å²) >= 11 is 0. The molecule has 0 radical (unpaired) electrons. The van der Waals surface area contributed by atoms with Crippen LogP contribution in [0.4, 0.5) is 0 Å². The number of nitrogens with zero attached hydrogens (tertiary/aromatic N) is 4. The number of hydrogen-bond acceptors (Lipinski definition) is 3. The summed E-state index contributed by atoms with van der Waals surface area (Å²) in [5.41, 5.74) is 11.2. The van der Waals surface area contributed by atoms with Crippen LogP contribution in [0.5, 0.6) is 11.5 Å². The number of rotatable bonds is 9. The molecule has 7 rings (SSSR count). The smallest absolute Gasteiger partial charge is 0.509 e. The van der Waals surface area contributed by atoms with Crippen LogP contribution in [0.2, 0.25) is 0 Å². The molecule has 4 aromatic carbocycles. The molecule has 0 aliphatic heterocycles. The van der Waals surface area contributed by atoms with Crippen molar-refractivity contribution in [3.63, 3.8) is 0 Å². The van der Waals surface area contributed by atoms with Gasteiger partial charge < -0.3 is 9.30 Å². The van der Waals surface area contributed by atoms with E-state index >= 15 is 0 Å². The molecule has 6 heteroatoms. The first-order valence-electron chi connectivity index (χ1n) is 17.7. The molecule has 0 bridgehead atoms. The van der Waals surface area contributed by atoms with Crippen molar-refractivity contribution in [2.75, 3.05) is 0 Å². The number of aromatic nitrogens is 4. The van der Waals surface area contributed by atoms with E-state index in [0.717, 1.165) is 75.3 Å². The van der Waals surface area contributed by atoms with Crippen LogP contribution in [-0.2, 0) is 33.9 Å². The van der Waals surface area contributed by atoms with Gasteiger partial charge >= 0.3 is 21.1 Å². The minimum Gasteiger partial charge on any atom is -0.509 e. The molecular weight excluding hydrogens is 808 g/mol. The molecule has 0 N–H and O–H groups in total. The van der Waals surface area contributed by atoms with Gasteiger partial charge in [-0.25, -0.2) is 4.98 Å². The zero-order valence-corrected chi connectivity index (χ0v) is 33.1. The van der Waals surface area contributed by atoms with Crippen molar-refractivity contribution >= 4 is 21.8 Å². The van der Waals surface area contributed by atoms with Crippen molar-refractivity contribution in [3.8, 4) is 34.1 Å². The Kier molecular flexibility index (Phi) is 10.4. The molecule has 0 amide bonds. The molecule has 0 atom stereocenters. The van der Waals surface area contributed by atoms with E-state index in [1.54, 1.807) is 0 Å². The number of pyridine rings is 1. The van der Waals surface area contributed by atoms with Crippen LogP contribution in [0.15, 0.2) is 91.1 Å². The van der Waals surface area contributed by atoms with Crippen molar-refractivity contribution in [2.45, 2.75) is 74.7 Å². The summed E-state index contributed by atoms with van der Waals surface area (Å²) in [6.45, 7) is 17.7. The first kappa shape index (κ1) is 36.3. The van der Waals surface area contributed by atoms with Gasteiger partial charge in [0.05, 0.1) is 5.69 Å². The molecule has 0 unspecified atom stereocenters. The fourth-order valence-electron chi connectivity index (χ4n) is 6.95. The third kappa shape index (κ3) is 7.75. The van der Waals surface area contributed by atoms with Gasteiger partial charge in [0, 0.05) is 34.5 Å². The van der Waals surface area contributed by atoms with Crippen LogP contribution < -0.4 is 4.74 Å². The third-order valence-corrected chi connectivity index (χ3v) is 9.34. The molecule has 7 aromatic rings. The van der Waals surface area contributed by atoms with Crippen molar-refractivity contribution in [1.29, 1.82) is 0 Å². The Morgan fingerprint density at radius 3 is 2.31 bits per heavy atom. The maximum Gasteiger partial charge on any atom is 2.00 e. The third-order valence-electron chi connectivity index (χ3n) is 9.34. The topological polar surface area (TPSA) is 44.9 Å². The predicted octanol–water partition coefficient (Wildman–Crippen LogP) is 11.5. The summed E-state index contributed by atoms with van der Waals surface area (Å²) in [5, 5.41) is 7.31. The molecule has 0 spiro atoms. The van der Waals surface area contributed by atoms with Crippen molar-refractivity contribution in [1.82, 2.24) is 19.3 Å². The number of benzene rings is 4. The number of hydrogen-bond donors (Lipinski definition) is 0. The van der Waals surface area contributed by atoms with Gasteiger partial charge in [-0.2, -0.15) is 16.7 Å². The van der Waals surface area contributed by atoms with Crippen molar-refractivity contribution < 1.29 is 25.8 Å². The molecule has 0 aliphatic carbocycles. The fourth-order valence-corrected chi connectivity index (χ4v) is 6.95. The number of ether oxygens (including phenoxy) is 1. The maximum atomic E-state index is 6.66. The van der Waals surface area contributed by atoms with Crippen LogP contribution in [0.3, 0.4) is 0 Å². The molecule has 3 heterocycles. The zero-order chi connectivity index (χ0) is 35.2. The Morgan fingerprint density at radius 1 is 0.804 bits per heavy atom. The standard InChI is InChI=1S/C45H46N4O.Pt/c1-29(2)22-34-24-36(49-32(5)44(31(4)47-49)35-12-10-9-11-13-35)27-38(25-34)50-37-15-16-39-40-26-33(18-20-45(6,7)8)14-17-41(40)48(42(39)28-37)43-23-30(3)19-21-46-43;/h9-17,19,21,23-26,29H,18,20,22H2,1-8H3;/q-2;+2. The average Bonchev–Trinajstić information content (AvgIpc) is 3.55. The van der Waals surface area contributed by atoms with E-state index < -0.39 is 0 Å². The molecular formula is C45H46N4OPt. The summed E-state index contributed by atoms with van der Waals surface area (Å²) in [5.74, 6) is 2.62. The van der Waals surface area contributed by atoms with E-state index in [9.17, 15) is 0 Å². The molecule has 0 saturated carbocycles. The fraction of sp³-hybridized carbons (Fsp3) is 0.289. The summed E-state index contributed by atoms with van der Waals surface area (Å²) < 4.78 is 10.9. The minimum atomic E-state index is 0.